The molecule has 0 aliphatic heterocycles. The molecule has 2 aromatic rings. The maximum absolute atomic E-state index is 12.5. The number of sulfonamides is 1. The van der Waals surface area contributed by atoms with Crippen LogP contribution in [0.15, 0.2) is 40.6 Å². The number of hydrogen-bond acceptors (Lipinski definition) is 4. The lowest BCUT2D eigenvalue weighted by Crippen LogP contribution is -2.42. The Morgan fingerprint density at radius 3 is 2.65 bits per heavy atom. The molecule has 0 radical (unpaired) electrons. The van der Waals surface area contributed by atoms with E-state index in [1.807, 2.05) is 17.5 Å². The molecule has 1 aliphatic rings. The van der Waals surface area contributed by atoms with Crippen molar-refractivity contribution in [2.24, 2.45) is 5.92 Å². The van der Waals surface area contributed by atoms with Crippen LogP contribution in [0.3, 0.4) is 0 Å². The van der Waals surface area contributed by atoms with Gasteiger partial charge < -0.3 is 5.11 Å². The second kappa shape index (κ2) is 6.35. The van der Waals surface area contributed by atoms with Crippen LogP contribution in [0.2, 0.25) is 10.0 Å². The summed E-state index contributed by atoms with van der Waals surface area (Å²) in [6.07, 6.45) is 1.77. The van der Waals surface area contributed by atoms with Crippen molar-refractivity contribution >= 4 is 44.6 Å². The highest BCUT2D eigenvalue weighted by molar-refractivity contribution is 7.89. The molecule has 8 heteroatoms. The van der Waals surface area contributed by atoms with Crippen LogP contribution in [0.1, 0.15) is 17.7 Å². The second-order valence-electron chi connectivity index (χ2n) is 5.58. The van der Waals surface area contributed by atoms with Crippen molar-refractivity contribution < 1.29 is 13.5 Å². The zero-order chi connectivity index (χ0) is 16.7. The molecule has 4 nitrogen and oxygen atoms in total. The summed E-state index contributed by atoms with van der Waals surface area (Å²) in [5, 5.41) is 13.2. The number of rotatable bonds is 6. The molecule has 0 bridgehead atoms. The molecule has 1 aliphatic carbocycles. The van der Waals surface area contributed by atoms with Crippen LogP contribution < -0.4 is 4.72 Å². The zero-order valence-corrected chi connectivity index (χ0v) is 15.1. The van der Waals surface area contributed by atoms with Gasteiger partial charge in [-0.15, -0.1) is 11.3 Å². The lowest BCUT2D eigenvalue weighted by Gasteiger charge is -2.27. The van der Waals surface area contributed by atoms with E-state index in [0.717, 1.165) is 17.7 Å². The molecular formula is C15H15Cl2NO3S2. The first-order valence-corrected chi connectivity index (χ1v) is 10.2. The number of thiophene rings is 1. The van der Waals surface area contributed by atoms with E-state index in [-0.39, 0.29) is 27.4 Å². The van der Waals surface area contributed by atoms with E-state index < -0.39 is 15.6 Å². The van der Waals surface area contributed by atoms with E-state index in [9.17, 15) is 13.5 Å². The van der Waals surface area contributed by atoms with Crippen molar-refractivity contribution in [3.05, 3.63) is 50.6 Å². The maximum Gasteiger partial charge on any atom is 0.242 e. The van der Waals surface area contributed by atoms with Crippen LogP contribution in [0.5, 0.6) is 0 Å². The highest BCUT2D eigenvalue weighted by Crippen LogP contribution is 2.46. The molecule has 1 saturated carbocycles. The Kier molecular flexibility index (Phi) is 4.75. The smallest absolute Gasteiger partial charge is 0.242 e. The normalized spacial score (nSPS) is 17.9. The van der Waals surface area contributed by atoms with Crippen molar-refractivity contribution in [2.45, 2.75) is 23.3 Å². The van der Waals surface area contributed by atoms with Gasteiger partial charge in [-0.3, -0.25) is 0 Å². The van der Waals surface area contributed by atoms with Gasteiger partial charge in [0.1, 0.15) is 10.5 Å². The minimum Gasteiger partial charge on any atom is -0.383 e. The van der Waals surface area contributed by atoms with E-state index in [1.54, 1.807) is 0 Å². The van der Waals surface area contributed by atoms with Crippen molar-refractivity contribution in [3.63, 3.8) is 0 Å². The Bertz CT molecular complexity index is 804. The molecule has 0 spiro atoms. The van der Waals surface area contributed by atoms with Crippen LogP contribution in [-0.2, 0) is 15.6 Å². The first-order chi connectivity index (χ1) is 10.8. The van der Waals surface area contributed by atoms with Gasteiger partial charge in [-0.2, -0.15) is 0 Å². The molecule has 0 saturated heterocycles. The van der Waals surface area contributed by atoms with Gasteiger partial charge in [0.05, 0.1) is 5.02 Å². The minimum atomic E-state index is -3.87. The van der Waals surface area contributed by atoms with Crippen molar-refractivity contribution in [3.8, 4) is 0 Å². The van der Waals surface area contributed by atoms with E-state index in [2.05, 4.69) is 4.72 Å². The topological polar surface area (TPSA) is 66.4 Å². The van der Waals surface area contributed by atoms with E-state index in [4.69, 9.17) is 23.2 Å². The predicted octanol–water partition coefficient (Wildman–Crippen LogP) is 3.63. The summed E-state index contributed by atoms with van der Waals surface area (Å²) >= 11 is 13.2. The Morgan fingerprint density at radius 1 is 1.30 bits per heavy atom. The van der Waals surface area contributed by atoms with Gasteiger partial charge in [-0.05, 0) is 48.4 Å². The van der Waals surface area contributed by atoms with E-state index in [0.29, 0.717) is 0 Å². The average molecular weight is 392 g/mol. The Morgan fingerprint density at radius 2 is 2.04 bits per heavy atom. The summed E-state index contributed by atoms with van der Waals surface area (Å²) in [6.45, 7) is -0.0939. The number of halogens is 2. The Balaban J connectivity index is 1.85. The summed E-state index contributed by atoms with van der Waals surface area (Å²) in [4.78, 5) is 0.677. The molecule has 1 fully saturated rings. The van der Waals surface area contributed by atoms with Gasteiger partial charge in [0.25, 0.3) is 0 Å². The summed E-state index contributed by atoms with van der Waals surface area (Å²) in [7, 11) is -3.87. The van der Waals surface area contributed by atoms with E-state index >= 15 is 0 Å². The third-order valence-corrected chi connectivity index (χ3v) is 7.07. The number of hydrogen-bond donors (Lipinski definition) is 2. The molecule has 1 heterocycles. The summed E-state index contributed by atoms with van der Waals surface area (Å²) < 4.78 is 27.5. The fraction of sp³-hybridized carbons (Fsp3) is 0.333. The first kappa shape index (κ1) is 17.2. The quantitative estimate of drug-likeness (QED) is 0.789. The number of benzene rings is 1. The molecule has 1 aromatic carbocycles. The second-order valence-corrected chi connectivity index (χ2v) is 9.10. The summed E-state index contributed by atoms with van der Waals surface area (Å²) in [5.74, 6) is 0.0682. The molecule has 1 aromatic heterocycles. The monoisotopic (exact) mass is 391 g/mol. The molecule has 0 amide bonds. The number of nitrogens with one attached hydrogen (secondary N) is 1. The van der Waals surface area contributed by atoms with Crippen molar-refractivity contribution in [2.75, 3.05) is 6.54 Å². The predicted molar refractivity (Wildman–Crippen MR) is 92.6 cm³/mol. The minimum absolute atomic E-state index is 0.0682. The Hall–Kier alpha value is -0.630. The maximum atomic E-state index is 12.5. The molecule has 2 N–H and O–H groups in total. The molecule has 124 valence electrons. The van der Waals surface area contributed by atoms with Gasteiger partial charge in [-0.1, -0.05) is 29.3 Å². The van der Waals surface area contributed by atoms with Crippen molar-refractivity contribution in [1.82, 2.24) is 4.72 Å². The highest BCUT2D eigenvalue weighted by atomic mass is 35.5. The molecule has 1 unspecified atom stereocenters. The van der Waals surface area contributed by atoms with Gasteiger partial charge in [0.15, 0.2) is 0 Å². The Labute approximate surface area is 149 Å². The molecule has 23 heavy (non-hydrogen) atoms. The van der Waals surface area contributed by atoms with Crippen LogP contribution >= 0.6 is 34.5 Å². The molecule has 1 atom stereocenters. The van der Waals surface area contributed by atoms with Crippen molar-refractivity contribution in [1.29, 1.82) is 0 Å². The van der Waals surface area contributed by atoms with Crippen LogP contribution in [-0.4, -0.2) is 20.1 Å². The van der Waals surface area contributed by atoms with Crippen LogP contribution in [0.25, 0.3) is 0 Å². The third kappa shape index (κ3) is 3.57. The highest BCUT2D eigenvalue weighted by Gasteiger charge is 2.46. The van der Waals surface area contributed by atoms with Crippen LogP contribution in [0, 0.1) is 5.92 Å². The lowest BCUT2D eigenvalue weighted by atomic mass is 9.96. The number of aliphatic hydroxyl groups is 1. The summed E-state index contributed by atoms with van der Waals surface area (Å²) in [5.41, 5.74) is -1.19. The first-order valence-electron chi connectivity index (χ1n) is 7.04. The fourth-order valence-electron chi connectivity index (χ4n) is 2.48. The SMILES string of the molecule is O=S(=O)(NCC(O)(c1cccs1)C1CC1)c1cc(Cl)ccc1Cl. The molecular weight excluding hydrogens is 377 g/mol. The van der Waals surface area contributed by atoms with Gasteiger partial charge >= 0.3 is 0 Å². The lowest BCUT2D eigenvalue weighted by molar-refractivity contribution is 0.0222. The van der Waals surface area contributed by atoms with Gasteiger partial charge in [0, 0.05) is 16.4 Å². The average Bonchev–Trinajstić information content (AvgIpc) is 3.22. The largest absolute Gasteiger partial charge is 0.383 e. The van der Waals surface area contributed by atoms with Crippen LogP contribution in [0.4, 0.5) is 0 Å². The van der Waals surface area contributed by atoms with Gasteiger partial charge in [-0.25, -0.2) is 13.1 Å². The zero-order valence-electron chi connectivity index (χ0n) is 12.0. The van der Waals surface area contributed by atoms with E-state index in [1.165, 1.54) is 29.5 Å². The third-order valence-electron chi connectivity index (χ3n) is 3.92. The molecule has 3 rings (SSSR count). The summed E-state index contributed by atoms with van der Waals surface area (Å²) in [6, 6.07) is 7.92. The fourth-order valence-corrected chi connectivity index (χ4v) is 5.22. The van der Waals surface area contributed by atoms with Gasteiger partial charge in [0.2, 0.25) is 10.0 Å². The standard InChI is InChI=1S/C15H15Cl2NO3S2/c16-11-5-6-12(17)13(8-11)23(20,21)18-9-15(19,10-3-4-10)14-2-1-7-22-14/h1-2,5-8,10,18-19H,3-4,9H2.